The molecule has 0 bridgehead atoms. The van der Waals surface area contributed by atoms with Gasteiger partial charge in [0.15, 0.2) is 5.16 Å². The lowest BCUT2D eigenvalue weighted by Crippen LogP contribution is -2.23. The first kappa shape index (κ1) is 19.4. The molecule has 2 heterocycles. The Morgan fingerprint density at radius 1 is 1.43 bits per heavy atom. The molecule has 1 aliphatic carbocycles. The van der Waals surface area contributed by atoms with Crippen LogP contribution < -0.4 is 10.9 Å². The van der Waals surface area contributed by atoms with Gasteiger partial charge in [0.1, 0.15) is 4.83 Å². The van der Waals surface area contributed by atoms with E-state index in [2.05, 4.69) is 27.8 Å². The molecule has 144 valence electrons. The van der Waals surface area contributed by atoms with Crippen LogP contribution in [0.5, 0.6) is 0 Å². The van der Waals surface area contributed by atoms with E-state index in [1.807, 2.05) is 24.3 Å². The Bertz CT molecular complexity index is 1140. The zero-order chi connectivity index (χ0) is 19.7. The van der Waals surface area contributed by atoms with Crippen molar-refractivity contribution < 1.29 is 4.79 Å². The summed E-state index contributed by atoms with van der Waals surface area (Å²) in [4.78, 5) is 32.2. The van der Waals surface area contributed by atoms with Gasteiger partial charge in [-0.05, 0) is 43.0 Å². The fraction of sp³-hybridized carbons (Fsp3) is 0.250. The molecule has 0 atom stereocenters. The van der Waals surface area contributed by atoms with E-state index in [0.29, 0.717) is 11.7 Å². The number of allylic oxidation sites excluding steroid dienone is 1. The van der Waals surface area contributed by atoms with E-state index in [4.69, 9.17) is 4.98 Å². The number of thioether (sulfide) groups is 1. The van der Waals surface area contributed by atoms with Crippen LogP contribution >= 0.6 is 39.0 Å². The van der Waals surface area contributed by atoms with Gasteiger partial charge in [-0.25, -0.2) is 4.98 Å². The summed E-state index contributed by atoms with van der Waals surface area (Å²) >= 11 is 6.28. The highest BCUT2D eigenvalue weighted by atomic mass is 79.9. The van der Waals surface area contributed by atoms with Crippen molar-refractivity contribution in [2.45, 2.75) is 31.0 Å². The van der Waals surface area contributed by atoms with Gasteiger partial charge in [0.05, 0.1) is 11.1 Å². The van der Waals surface area contributed by atoms with Crippen LogP contribution in [-0.2, 0) is 24.2 Å². The number of nitrogens with one attached hydrogen (secondary N) is 1. The number of hydrogen-bond acceptors (Lipinski definition) is 5. The fourth-order valence-electron chi connectivity index (χ4n) is 3.35. The lowest BCUT2D eigenvalue weighted by Gasteiger charge is -2.11. The van der Waals surface area contributed by atoms with Crippen molar-refractivity contribution in [1.29, 1.82) is 0 Å². The summed E-state index contributed by atoms with van der Waals surface area (Å²) < 4.78 is 2.52. The Morgan fingerprint density at radius 3 is 3.07 bits per heavy atom. The number of aryl methyl sites for hydroxylation is 2. The minimum Gasteiger partial charge on any atom is -0.325 e. The summed E-state index contributed by atoms with van der Waals surface area (Å²) in [5.74, 6) is 0.0310. The standard InChI is InChI=1S/C20H18BrN3O2S2/c1-2-9-24-19(26)17-14-7-4-8-15(14)28-18(17)23-20(24)27-11-16(25)22-13-6-3-5-12(21)10-13/h2-3,5-6,10H,1,4,7-9,11H2,(H,22,25). The molecule has 2 aromatic heterocycles. The third-order valence-corrected chi connectivity index (χ3v) is 7.20. The van der Waals surface area contributed by atoms with Gasteiger partial charge in [0.25, 0.3) is 5.56 Å². The number of halogens is 1. The van der Waals surface area contributed by atoms with Crippen LogP contribution in [0.2, 0.25) is 0 Å². The maximum Gasteiger partial charge on any atom is 0.263 e. The molecule has 0 spiro atoms. The third kappa shape index (κ3) is 3.81. The van der Waals surface area contributed by atoms with Gasteiger partial charge in [-0.1, -0.05) is 39.8 Å². The highest BCUT2D eigenvalue weighted by molar-refractivity contribution is 9.10. The van der Waals surface area contributed by atoms with Crippen molar-refractivity contribution in [3.8, 4) is 0 Å². The van der Waals surface area contributed by atoms with E-state index >= 15 is 0 Å². The quantitative estimate of drug-likeness (QED) is 0.320. The van der Waals surface area contributed by atoms with Crippen LogP contribution in [0.1, 0.15) is 16.9 Å². The minimum atomic E-state index is -0.142. The van der Waals surface area contributed by atoms with Crippen molar-refractivity contribution >= 4 is 60.8 Å². The van der Waals surface area contributed by atoms with Gasteiger partial charge in [0.2, 0.25) is 5.91 Å². The average molecular weight is 476 g/mol. The van der Waals surface area contributed by atoms with Crippen molar-refractivity contribution in [3.63, 3.8) is 0 Å². The van der Waals surface area contributed by atoms with Gasteiger partial charge in [-0.15, -0.1) is 17.9 Å². The first-order valence-corrected chi connectivity index (χ1v) is 11.5. The Labute approximate surface area is 179 Å². The molecule has 28 heavy (non-hydrogen) atoms. The Kier molecular flexibility index (Phi) is 5.70. The second-order valence-corrected chi connectivity index (χ2v) is 9.43. The zero-order valence-corrected chi connectivity index (χ0v) is 18.3. The van der Waals surface area contributed by atoms with Crippen molar-refractivity contribution in [2.24, 2.45) is 0 Å². The van der Waals surface area contributed by atoms with Crippen molar-refractivity contribution in [2.75, 3.05) is 11.1 Å². The maximum absolute atomic E-state index is 13.1. The Morgan fingerprint density at radius 2 is 2.29 bits per heavy atom. The van der Waals surface area contributed by atoms with Crippen LogP contribution in [0.3, 0.4) is 0 Å². The van der Waals surface area contributed by atoms with Crippen molar-refractivity contribution in [3.05, 3.63) is 62.2 Å². The van der Waals surface area contributed by atoms with Crippen LogP contribution in [-0.4, -0.2) is 21.2 Å². The molecule has 0 saturated carbocycles. The van der Waals surface area contributed by atoms with Crippen LogP contribution in [0.25, 0.3) is 10.2 Å². The first-order valence-electron chi connectivity index (χ1n) is 8.91. The van der Waals surface area contributed by atoms with Crippen LogP contribution in [0.15, 0.2) is 51.3 Å². The smallest absolute Gasteiger partial charge is 0.263 e. The number of rotatable bonds is 6. The summed E-state index contributed by atoms with van der Waals surface area (Å²) in [5, 5.41) is 4.17. The molecule has 1 amide bonds. The van der Waals surface area contributed by atoms with Gasteiger partial charge in [-0.2, -0.15) is 0 Å². The minimum absolute atomic E-state index is 0.0285. The fourth-order valence-corrected chi connectivity index (χ4v) is 5.86. The number of hydrogen-bond donors (Lipinski definition) is 1. The molecule has 3 aromatic rings. The molecular formula is C20H18BrN3O2S2. The SMILES string of the molecule is C=CCn1c(SCC(=O)Nc2cccc(Br)c2)nc2sc3c(c2c1=O)CCC3. The lowest BCUT2D eigenvalue weighted by atomic mass is 10.2. The predicted molar refractivity (Wildman–Crippen MR) is 120 cm³/mol. The molecule has 0 unspecified atom stereocenters. The molecule has 0 aliphatic heterocycles. The van der Waals surface area contributed by atoms with E-state index in [-0.39, 0.29) is 17.2 Å². The summed E-state index contributed by atoms with van der Waals surface area (Å²) in [6.07, 6.45) is 4.76. The molecule has 1 N–H and O–H groups in total. The number of amides is 1. The predicted octanol–water partition coefficient (Wildman–Crippen LogP) is 4.63. The average Bonchev–Trinajstić information content (AvgIpc) is 3.23. The van der Waals surface area contributed by atoms with E-state index in [9.17, 15) is 9.59 Å². The summed E-state index contributed by atoms with van der Waals surface area (Å²) in [6, 6.07) is 7.43. The number of thiophene rings is 1. The number of carbonyl (C=O) groups excluding carboxylic acids is 1. The van der Waals surface area contributed by atoms with Gasteiger partial charge < -0.3 is 5.32 Å². The van der Waals surface area contributed by atoms with Crippen LogP contribution in [0.4, 0.5) is 5.69 Å². The molecule has 0 saturated heterocycles. The zero-order valence-electron chi connectivity index (χ0n) is 15.0. The molecule has 0 fully saturated rings. The number of anilines is 1. The molecule has 0 radical (unpaired) electrons. The number of nitrogens with zero attached hydrogens (tertiary/aromatic N) is 2. The first-order chi connectivity index (χ1) is 13.6. The number of carbonyl (C=O) groups is 1. The van der Waals surface area contributed by atoms with Gasteiger partial charge in [0, 0.05) is 21.6 Å². The van der Waals surface area contributed by atoms with Crippen LogP contribution in [0, 0.1) is 0 Å². The van der Waals surface area contributed by atoms with E-state index in [1.54, 1.807) is 22.0 Å². The number of benzene rings is 1. The summed E-state index contributed by atoms with van der Waals surface area (Å²) in [5.41, 5.74) is 1.86. The summed E-state index contributed by atoms with van der Waals surface area (Å²) in [6.45, 7) is 4.14. The maximum atomic E-state index is 13.1. The van der Waals surface area contributed by atoms with Gasteiger partial charge >= 0.3 is 0 Å². The van der Waals surface area contributed by atoms with E-state index in [0.717, 1.165) is 39.6 Å². The van der Waals surface area contributed by atoms with E-state index in [1.165, 1.54) is 22.2 Å². The molecule has 5 nitrogen and oxygen atoms in total. The largest absolute Gasteiger partial charge is 0.325 e. The summed E-state index contributed by atoms with van der Waals surface area (Å²) in [7, 11) is 0. The number of fused-ring (bicyclic) bond motifs is 3. The molecule has 4 rings (SSSR count). The second kappa shape index (κ2) is 8.23. The molecule has 1 aromatic carbocycles. The molecule has 8 heteroatoms. The monoisotopic (exact) mass is 475 g/mol. The Hall–Kier alpha value is -1.90. The highest BCUT2D eigenvalue weighted by Crippen LogP contribution is 2.35. The van der Waals surface area contributed by atoms with Gasteiger partial charge in [-0.3, -0.25) is 14.2 Å². The Balaban J connectivity index is 1.59. The van der Waals surface area contributed by atoms with E-state index < -0.39 is 0 Å². The normalized spacial score (nSPS) is 12.9. The third-order valence-electron chi connectivity index (χ3n) is 4.54. The highest BCUT2D eigenvalue weighted by Gasteiger charge is 2.23. The molecule has 1 aliphatic rings. The molecular weight excluding hydrogens is 458 g/mol. The lowest BCUT2D eigenvalue weighted by molar-refractivity contribution is -0.113. The number of aromatic nitrogens is 2. The van der Waals surface area contributed by atoms with Crippen molar-refractivity contribution in [1.82, 2.24) is 9.55 Å². The second-order valence-electron chi connectivity index (χ2n) is 6.48. The topological polar surface area (TPSA) is 64.0 Å².